The molecule has 1 saturated carbocycles. The molecular formula is C21H22N2O6S. The van der Waals surface area contributed by atoms with Crippen LogP contribution < -0.4 is 14.8 Å². The Hall–Kier alpha value is -3.07. The summed E-state index contributed by atoms with van der Waals surface area (Å²) in [4.78, 5) is 24.9. The summed E-state index contributed by atoms with van der Waals surface area (Å²) in [6.45, 7) is 0.352. The summed E-state index contributed by atoms with van der Waals surface area (Å²) in [7, 11) is -0.771. The number of methoxy groups -OCH3 is 2. The van der Waals surface area contributed by atoms with E-state index in [4.69, 9.17) is 9.47 Å². The third kappa shape index (κ3) is 3.49. The quantitative estimate of drug-likeness (QED) is 0.721. The van der Waals surface area contributed by atoms with Crippen LogP contribution in [0.4, 0.5) is 0 Å². The topological polar surface area (TPSA) is 102 Å². The van der Waals surface area contributed by atoms with Crippen molar-refractivity contribution < 1.29 is 27.5 Å². The minimum Gasteiger partial charge on any atom is -0.493 e. The second kappa shape index (κ2) is 7.64. The molecule has 0 aromatic heterocycles. The molecule has 1 aliphatic carbocycles. The summed E-state index contributed by atoms with van der Waals surface area (Å²) in [6, 6.07) is 9.45. The maximum Gasteiger partial charge on any atom is 0.269 e. The van der Waals surface area contributed by atoms with E-state index in [-0.39, 0.29) is 22.1 Å². The number of nitrogens with one attached hydrogen (secondary N) is 1. The van der Waals surface area contributed by atoms with Crippen molar-refractivity contribution in [3.63, 3.8) is 0 Å². The lowest BCUT2D eigenvalue weighted by Crippen LogP contribution is -2.32. The molecule has 30 heavy (non-hydrogen) atoms. The van der Waals surface area contributed by atoms with Gasteiger partial charge in [0.25, 0.3) is 21.8 Å². The third-order valence-electron chi connectivity index (χ3n) is 5.24. The summed E-state index contributed by atoms with van der Waals surface area (Å²) >= 11 is 0. The Bertz CT molecular complexity index is 1120. The zero-order chi connectivity index (χ0) is 21.5. The molecule has 1 fully saturated rings. The lowest BCUT2D eigenvalue weighted by Gasteiger charge is -2.13. The van der Waals surface area contributed by atoms with Gasteiger partial charge in [-0.1, -0.05) is 6.07 Å². The Morgan fingerprint density at radius 2 is 1.83 bits per heavy atom. The fraction of sp³-hybridized carbons (Fsp3) is 0.333. The van der Waals surface area contributed by atoms with E-state index >= 15 is 0 Å². The summed E-state index contributed by atoms with van der Waals surface area (Å²) in [5.74, 6) is 0.327. The zero-order valence-electron chi connectivity index (χ0n) is 16.7. The Morgan fingerprint density at radius 3 is 2.50 bits per heavy atom. The highest BCUT2D eigenvalue weighted by molar-refractivity contribution is 7.90. The van der Waals surface area contributed by atoms with Crippen LogP contribution in [-0.4, -0.2) is 51.3 Å². The van der Waals surface area contributed by atoms with Gasteiger partial charge in [0.15, 0.2) is 11.5 Å². The smallest absolute Gasteiger partial charge is 0.269 e. The predicted octanol–water partition coefficient (Wildman–Crippen LogP) is 1.98. The first-order chi connectivity index (χ1) is 14.4. The first-order valence-electron chi connectivity index (χ1n) is 9.58. The van der Waals surface area contributed by atoms with E-state index in [1.807, 2.05) is 12.1 Å². The summed E-state index contributed by atoms with van der Waals surface area (Å²) in [6.07, 6.45) is 1.92. The van der Waals surface area contributed by atoms with E-state index in [1.54, 1.807) is 20.3 Å². The normalized spacial score (nSPS) is 16.9. The van der Waals surface area contributed by atoms with Crippen LogP contribution in [0, 0.1) is 0 Å². The van der Waals surface area contributed by atoms with Gasteiger partial charge in [-0.3, -0.25) is 9.59 Å². The number of hydrogen-bond acceptors (Lipinski definition) is 6. The molecule has 0 unspecified atom stereocenters. The number of fused-ring (bicyclic) bond motifs is 1. The van der Waals surface area contributed by atoms with Crippen molar-refractivity contribution in [1.29, 1.82) is 0 Å². The van der Waals surface area contributed by atoms with Crippen molar-refractivity contribution >= 4 is 21.8 Å². The SMILES string of the molecule is COc1ccc(CCNC(=O)c2ccc3c(c2)S(=O)(=O)N(C2CC2)C3=O)cc1OC. The number of amides is 2. The van der Waals surface area contributed by atoms with Gasteiger partial charge in [0.1, 0.15) is 4.90 Å². The third-order valence-corrected chi connectivity index (χ3v) is 7.11. The lowest BCUT2D eigenvalue weighted by atomic mass is 10.1. The number of benzene rings is 2. The van der Waals surface area contributed by atoms with Crippen LogP contribution in [0.5, 0.6) is 11.5 Å². The Balaban J connectivity index is 1.44. The van der Waals surface area contributed by atoms with Crippen molar-refractivity contribution in [2.45, 2.75) is 30.2 Å². The van der Waals surface area contributed by atoms with E-state index < -0.39 is 21.8 Å². The van der Waals surface area contributed by atoms with Crippen LogP contribution >= 0.6 is 0 Å². The highest BCUT2D eigenvalue weighted by Crippen LogP contribution is 2.39. The molecule has 0 atom stereocenters. The molecule has 158 valence electrons. The van der Waals surface area contributed by atoms with Gasteiger partial charge in [0, 0.05) is 18.2 Å². The molecule has 2 aromatic rings. The maximum atomic E-state index is 12.7. The van der Waals surface area contributed by atoms with Crippen LogP contribution in [0.3, 0.4) is 0 Å². The van der Waals surface area contributed by atoms with Crippen LogP contribution in [0.25, 0.3) is 0 Å². The fourth-order valence-corrected chi connectivity index (χ4v) is 5.36. The Labute approximate surface area is 174 Å². The summed E-state index contributed by atoms with van der Waals surface area (Å²) in [5.41, 5.74) is 1.29. The van der Waals surface area contributed by atoms with Crippen molar-refractivity contribution in [1.82, 2.24) is 9.62 Å². The highest BCUT2D eigenvalue weighted by atomic mass is 32.2. The highest BCUT2D eigenvalue weighted by Gasteiger charge is 2.48. The molecule has 9 heteroatoms. The molecule has 2 amide bonds. The molecule has 0 saturated heterocycles. The van der Waals surface area contributed by atoms with E-state index in [9.17, 15) is 18.0 Å². The van der Waals surface area contributed by atoms with Crippen molar-refractivity contribution in [3.8, 4) is 11.5 Å². The first-order valence-corrected chi connectivity index (χ1v) is 11.0. The average molecular weight is 430 g/mol. The monoisotopic (exact) mass is 430 g/mol. The van der Waals surface area contributed by atoms with Crippen LogP contribution in [0.2, 0.25) is 0 Å². The number of ether oxygens (including phenoxy) is 2. The van der Waals surface area contributed by atoms with Crippen LogP contribution in [0.15, 0.2) is 41.3 Å². The maximum absolute atomic E-state index is 12.7. The van der Waals surface area contributed by atoms with Crippen LogP contribution in [-0.2, 0) is 16.4 Å². The molecule has 2 aliphatic rings. The van der Waals surface area contributed by atoms with E-state index in [2.05, 4.69) is 5.32 Å². The molecule has 0 radical (unpaired) electrons. The summed E-state index contributed by atoms with van der Waals surface area (Å²) < 4.78 is 36.9. The second-order valence-corrected chi connectivity index (χ2v) is 9.03. The predicted molar refractivity (Wildman–Crippen MR) is 108 cm³/mol. The van der Waals surface area contributed by atoms with E-state index in [1.165, 1.54) is 18.2 Å². The molecule has 4 rings (SSSR count). The molecule has 0 spiro atoms. The van der Waals surface area contributed by atoms with Gasteiger partial charge in [-0.15, -0.1) is 0 Å². The van der Waals surface area contributed by atoms with Crippen molar-refractivity contribution in [2.24, 2.45) is 0 Å². The van der Waals surface area contributed by atoms with Gasteiger partial charge in [0.05, 0.1) is 19.8 Å². The first kappa shape index (κ1) is 20.2. The van der Waals surface area contributed by atoms with Gasteiger partial charge in [-0.25, -0.2) is 12.7 Å². The average Bonchev–Trinajstić information content (AvgIpc) is 3.54. The van der Waals surface area contributed by atoms with Gasteiger partial charge in [-0.2, -0.15) is 0 Å². The summed E-state index contributed by atoms with van der Waals surface area (Å²) in [5, 5.41) is 2.79. The molecule has 8 nitrogen and oxygen atoms in total. The molecule has 1 heterocycles. The van der Waals surface area contributed by atoms with Crippen molar-refractivity contribution in [3.05, 3.63) is 53.1 Å². The standard InChI is InChI=1S/C21H22N2O6S/c1-28-17-8-3-13(11-18(17)29-2)9-10-22-20(24)14-4-7-16-19(12-14)30(26,27)23(21(16)25)15-5-6-15/h3-4,7-8,11-12,15H,5-6,9-10H2,1-2H3,(H,22,24). The van der Waals surface area contributed by atoms with Gasteiger partial charge < -0.3 is 14.8 Å². The number of rotatable bonds is 7. The fourth-order valence-electron chi connectivity index (χ4n) is 3.52. The number of carbonyl (C=O) groups excluding carboxylic acids is 2. The number of nitrogens with zero attached hydrogens (tertiary/aromatic N) is 1. The van der Waals surface area contributed by atoms with Gasteiger partial charge in [-0.05, 0) is 55.2 Å². The Kier molecular flexibility index (Phi) is 5.15. The minimum absolute atomic E-state index is 0.0908. The molecule has 2 aromatic carbocycles. The Morgan fingerprint density at radius 1 is 1.10 bits per heavy atom. The lowest BCUT2D eigenvalue weighted by molar-refractivity contribution is 0.0863. The molecular weight excluding hydrogens is 408 g/mol. The van der Waals surface area contributed by atoms with Crippen LogP contribution in [0.1, 0.15) is 39.1 Å². The largest absolute Gasteiger partial charge is 0.493 e. The number of hydrogen-bond donors (Lipinski definition) is 1. The number of sulfonamides is 1. The molecule has 0 bridgehead atoms. The minimum atomic E-state index is -3.89. The van der Waals surface area contributed by atoms with Gasteiger partial charge in [0.2, 0.25) is 0 Å². The zero-order valence-corrected chi connectivity index (χ0v) is 17.5. The second-order valence-electron chi connectivity index (χ2n) is 7.24. The van der Waals surface area contributed by atoms with Crippen molar-refractivity contribution in [2.75, 3.05) is 20.8 Å². The van der Waals surface area contributed by atoms with E-state index in [0.29, 0.717) is 37.3 Å². The van der Waals surface area contributed by atoms with E-state index in [0.717, 1.165) is 9.87 Å². The van der Waals surface area contributed by atoms with Gasteiger partial charge >= 0.3 is 0 Å². The molecule has 1 aliphatic heterocycles. The number of carbonyl (C=O) groups is 2. The molecule has 1 N–H and O–H groups in total.